The topological polar surface area (TPSA) is 103 Å². The molecule has 0 unspecified atom stereocenters. The van der Waals surface area contributed by atoms with Gasteiger partial charge in [0.2, 0.25) is 5.91 Å². The van der Waals surface area contributed by atoms with Gasteiger partial charge in [0.15, 0.2) is 0 Å². The molecule has 9 heteroatoms. The van der Waals surface area contributed by atoms with E-state index in [1.54, 1.807) is 30.2 Å². The molecule has 4 amide bonds. The standard InChI is InChI=1S/C19H27N5O4/c1-13-11-14(17(25)21-6-10-28-2)3-4-15(13)22-19(27)24-9-8-23-7-5-20-18(26)16(23)12-24/h3-4,11,16H,5-10,12H2,1-2H3,(H,20,26)(H,21,25)(H,22,27)/t16-/m0/s1. The monoisotopic (exact) mass is 389 g/mol. The Balaban J connectivity index is 1.59. The van der Waals surface area contributed by atoms with Gasteiger partial charge in [-0.05, 0) is 30.7 Å². The van der Waals surface area contributed by atoms with Crippen molar-refractivity contribution < 1.29 is 19.1 Å². The molecule has 9 nitrogen and oxygen atoms in total. The molecule has 0 bridgehead atoms. The van der Waals surface area contributed by atoms with E-state index in [1.807, 2.05) is 6.92 Å². The zero-order chi connectivity index (χ0) is 20.1. The molecule has 3 N–H and O–H groups in total. The highest BCUT2D eigenvalue weighted by Crippen LogP contribution is 2.19. The third kappa shape index (κ3) is 4.60. The molecular formula is C19H27N5O4. The van der Waals surface area contributed by atoms with E-state index in [0.29, 0.717) is 50.6 Å². The van der Waals surface area contributed by atoms with Crippen molar-refractivity contribution in [3.05, 3.63) is 29.3 Å². The van der Waals surface area contributed by atoms with Crippen molar-refractivity contribution in [1.29, 1.82) is 0 Å². The van der Waals surface area contributed by atoms with Crippen LogP contribution in [-0.2, 0) is 9.53 Å². The van der Waals surface area contributed by atoms with Gasteiger partial charge in [-0.3, -0.25) is 14.5 Å². The second-order valence-corrected chi connectivity index (χ2v) is 7.00. The van der Waals surface area contributed by atoms with Crippen LogP contribution in [0.15, 0.2) is 18.2 Å². The summed E-state index contributed by atoms with van der Waals surface area (Å²) < 4.78 is 4.92. The minimum Gasteiger partial charge on any atom is -0.383 e. The number of carbonyl (C=O) groups excluding carboxylic acids is 3. The van der Waals surface area contributed by atoms with E-state index in [0.717, 1.165) is 12.1 Å². The summed E-state index contributed by atoms with van der Waals surface area (Å²) in [5.74, 6) is -0.207. The zero-order valence-corrected chi connectivity index (χ0v) is 16.3. The number of aryl methyl sites for hydroxylation is 1. The fourth-order valence-electron chi connectivity index (χ4n) is 3.47. The highest BCUT2D eigenvalue weighted by molar-refractivity contribution is 5.96. The van der Waals surface area contributed by atoms with E-state index in [-0.39, 0.29) is 23.9 Å². The number of fused-ring (bicyclic) bond motifs is 1. The summed E-state index contributed by atoms with van der Waals surface area (Å²) in [4.78, 5) is 40.6. The minimum atomic E-state index is -0.285. The maximum absolute atomic E-state index is 12.7. The normalized spacial score (nSPS) is 19.6. The number of hydrogen-bond donors (Lipinski definition) is 3. The zero-order valence-electron chi connectivity index (χ0n) is 16.3. The number of nitrogens with one attached hydrogen (secondary N) is 3. The molecule has 2 fully saturated rings. The van der Waals surface area contributed by atoms with Gasteiger partial charge in [0.1, 0.15) is 6.04 Å². The van der Waals surface area contributed by atoms with E-state index in [2.05, 4.69) is 20.9 Å². The number of benzene rings is 1. The first kappa shape index (κ1) is 20.1. The molecule has 2 aliphatic heterocycles. The number of anilines is 1. The Morgan fingerprint density at radius 2 is 2.11 bits per heavy atom. The van der Waals surface area contributed by atoms with Crippen LogP contribution >= 0.6 is 0 Å². The van der Waals surface area contributed by atoms with Crippen LogP contribution in [-0.4, -0.2) is 86.7 Å². The number of ether oxygens (including phenoxy) is 1. The number of rotatable bonds is 5. The Hall–Kier alpha value is -2.65. The lowest BCUT2D eigenvalue weighted by Gasteiger charge is -2.42. The second kappa shape index (κ2) is 9.03. The van der Waals surface area contributed by atoms with Crippen molar-refractivity contribution in [2.45, 2.75) is 13.0 Å². The van der Waals surface area contributed by atoms with Crippen LogP contribution in [0.5, 0.6) is 0 Å². The Morgan fingerprint density at radius 1 is 1.29 bits per heavy atom. The average Bonchev–Trinajstić information content (AvgIpc) is 2.69. The summed E-state index contributed by atoms with van der Waals surface area (Å²) in [6.07, 6.45) is 0. The molecule has 0 radical (unpaired) electrons. The van der Waals surface area contributed by atoms with Crippen molar-refractivity contribution in [3.8, 4) is 0 Å². The first-order chi connectivity index (χ1) is 13.5. The van der Waals surface area contributed by atoms with Crippen molar-refractivity contribution in [1.82, 2.24) is 20.4 Å². The van der Waals surface area contributed by atoms with Gasteiger partial charge < -0.3 is 25.6 Å². The lowest BCUT2D eigenvalue weighted by molar-refractivity contribution is -0.131. The summed E-state index contributed by atoms with van der Waals surface area (Å²) in [6, 6.07) is 4.62. The molecule has 1 atom stereocenters. The number of urea groups is 1. The molecule has 0 saturated carbocycles. The summed E-state index contributed by atoms with van der Waals surface area (Å²) in [6.45, 7) is 5.84. The lowest BCUT2D eigenvalue weighted by atomic mass is 10.1. The average molecular weight is 389 g/mol. The van der Waals surface area contributed by atoms with E-state index in [1.165, 1.54) is 0 Å². The smallest absolute Gasteiger partial charge is 0.321 e. The minimum absolute atomic E-state index is 0.0243. The highest BCUT2D eigenvalue weighted by atomic mass is 16.5. The number of carbonyl (C=O) groups is 3. The van der Waals surface area contributed by atoms with Crippen LogP contribution in [0.1, 0.15) is 15.9 Å². The van der Waals surface area contributed by atoms with Gasteiger partial charge in [0, 0.05) is 57.6 Å². The molecule has 28 heavy (non-hydrogen) atoms. The largest absolute Gasteiger partial charge is 0.383 e. The molecular weight excluding hydrogens is 362 g/mol. The van der Waals surface area contributed by atoms with Crippen LogP contribution in [0.2, 0.25) is 0 Å². The van der Waals surface area contributed by atoms with Gasteiger partial charge in [0.25, 0.3) is 5.91 Å². The van der Waals surface area contributed by atoms with E-state index < -0.39 is 0 Å². The molecule has 1 aromatic carbocycles. The molecule has 0 aromatic heterocycles. The molecule has 2 saturated heterocycles. The highest BCUT2D eigenvalue weighted by Gasteiger charge is 2.36. The Bertz CT molecular complexity index is 754. The van der Waals surface area contributed by atoms with Crippen LogP contribution in [0, 0.1) is 6.92 Å². The van der Waals surface area contributed by atoms with Gasteiger partial charge >= 0.3 is 6.03 Å². The van der Waals surface area contributed by atoms with E-state index in [9.17, 15) is 14.4 Å². The second-order valence-electron chi connectivity index (χ2n) is 7.00. The maximum Gasteiger partial charge on any atom is 0.321 e. The molecule has 0 aliphatic carbocycles. The predicted molar refractivity (Wildman–Crippen MR) is 104 cm³/mol. The number of piperazine rings is 2. The SMILES string of the molecule is COCCNC(=O)c1ccc(NC(=O)N2CCN3CCNC(=O)[C@@H]3C2)c(C)c1. The molecule has 152 valence electrons. The number of methoxy groups -OCH3 is 1. The summed E-state index contributed by atoms with van der Waals surface area (Å²) in [7, 11) is 1.58. The lowest BCUT2D eigenvalue weighted by Crippen LogP contribution is -2.64. The Kier molecular flexibility index (Phi) is 6.48. The van der Waals surface area contributed by atoms with E-state index >= 15 is 0 Å². The molecule has 3 rings (SSSR count). The van der Waals surface area contributed by atoms with Gasteiger partial charge in [-0.15, -0.1) is 0 Å². The number of amides is 4. The van der Waals surface area contributed by atoms with Crippen molar-refractivity contribution in [2.75, 3.05) is 58.3 Å². The molecule has 1 aromatic rings. The van der Waals surface area contributed by atoms with Gasteiger partial charge in [-0.2, -0.15) is 0 Å². The quantitative estimate of drug-likeness (QED) is 0.616. The third-order valence-electron chi connectivity index (χ3n) is 5.10. The fourth-order valence-corrected chi connectivity index (χ4v) is 3.47. The van der Waals surface area contributed by atoms with Gasteiger partial charge in [0.05, 0.1) is 6.61 Å². The van der Waals surface area contributed by atoms with Crippen molar-refractivity contribution in [3.63, 3.8) is 0 Å². The van der Waals surface area contributed by atoms with Crippen molar-refractivity contribution in [2.24, 2.45) is 0 Å². The molecule has 2 heterocycles. The Labute approximate surface area is 164 Å². The summed E-state index contributed by atoms with van der Waals surface area (Å²) in [5.41, 5.74) is 1.97. The summed E-state index contributed by atoms with van der Waals surface area (Å²) >= 11 is 0. The van der Waals surface area contributed by atoms with Crippen molar-refractivity contribution >= 4 is 23.5 Å². The van der Waals surface area contributed by atoms with Crippen LogP contribution < -0.4 is 16.0 Å². The van der Waals surface area contributed by atoms with E-state index in [4.69, 9.17) is 4.74 Å². The fraction of sp³-hybridized carbons (Fsp3) is 0.526. The molecule has 2 aliphatic rings. The first-order valence-corrected chi connectivity index (χ1v) is 9.45. The summed E-state index contributed by atoms with van der Waals surface area (Å²) in [5, 5.41) is 8.51. The van der Waals surface area contributed by atoms with Gasteiger partial charge in [-0.1, -0.05) is 0 Å². The van der Waals surface area contributed by atoms with Crippen LogP contribution in [0.3, 0.4) is 0 Å². The predicted octanol–water partition coefficient (Wildman–Crippen LogP) is 0.0191. The Morgan fingerprint density at radius 3 is 2.86 bits per heavy atom. The van der Waals surface area contributed by atoms with Crippen LogP contribution in [0.4, 0.5) is 10.5 Å². The maximum atomic E-state index is 12.7. The first-order valence-electron chi connectivity index (χ1n) is 9.45. The number of nitrogens with zero attached hydrogens (tertiary/aromatic N) is 2. The van der Waals surface area contributed by atoms with Crippen LogP contribution in [0.25, 0.3) is 0 Å². The van der Waals surface area contributed by atoms with Gasteiger partial charge in [-0.25, -0.2) is 4.79 Å². The number of hydrogen-bond acceptors (Lipinski definition) is 5. The molecule has 0 spiro atoms. The third-order valence-corrected chi connectivity index (χ3v) is 5.10.